The highest BCUT2D eigenvalue weighted by Crippen LogP contribution is 2.35. The van der Waals surface area contributed by atoms with Gasteiger partial charge in [-0.3, -0.25) is 0 Å². The van der Waals surface area contributed by atoms with Gasteiger partial charge in [-0.2, -0.15) is 13.2 Å². The van der Waals surface area contributed by atoms with Crippen LogP contribution in [-0.4, -0.2) is 9.97 Å². The number of hydrogen-bond donors (Lipinski definition) is 2. The van der Waals surface area contributed by atoms with Crippen LogP contribution in [-0.2, 0) is 6.18 Å². The average Bonchev–Trinajstić information content (AvgIpc) is 2.74. The summed E-state index contributed by atoms with van der Waals surface area (Å²) in [6, 6.07) is 3.25. The Morgan fingerprint density at radius 1 is 1.26 bits per heavy atom. The summed E-state index contributed by atoms with van der Waals surface area (Å²) in [6.07, 6.45) is -3.18. The molecule has 0 saturated carbocycles. The topological polar surface area (TPSA) is 31.6 Å². The number of aromatic amines is 2. The summed E-state index contributed by atoms with van der Waals surface area (Å²) in [5.74, 6) is -1.81. The van der Waals surface area contributed by atoms with Crippen molar-refractivity contribution in [3.8, 4) is 0 Å². The van der Waals surface area contributed by atoms with E-state index in [0.29, 0.717) is 10.5 Å². The molecule has 1 aromatic carbocycles. The highest BCUT2D eigenvalue weighted by atomic mass is 32.1. The SMILES string of the molecule is CC(c1c[nH]c(=S)[nH]1)c1cccc(C(F)(F)F)c1F. The van der Waals surface area contributed by atoms with Crippen molar-refractivity contribution in [2.45, 2.75) is 19.0 Å². The van der Waals surface area contributed by atoms with Crippen LogP contribution in [0.4, 0.5) is 17.6 Å². The number of nitrogens with one attached hydrogen (secondary N) is 2. The summed E-state index contributed by atoms with van der Waals surface area (Å²) in [5, 5.41) is 0. The Balaban J connectivity index is 2.49. The van der Waals surface area contributed by atoms with Crippen LogP contribution in [0, 0.1) is 10.6 Å². The van der Waals surface area contributed by atoms with Crippen LogP contribution >= 0.6 is 12.2 Å². The van der Waals surface area contributed by atoms with Crippen LogP contribution in [0.1, 0.15) is 29.7 Å². The van der Waals surface area contributed by atoms with Crippen molar-refractivity contribution in [1.82, 2.24) is 9.97 Å². The Morgan fingerprint density at radius 2 is 1.95 bits per heavy atom. The Hall–Kier alpha value is -1.63. The van der Waals surface area contributed by atoms with E-state index >= 15 is 0 Å². The second-order valence-electron chi connectivity index (χ2n) is 4.13. The van der Waals surface area contributed by atoms with Gasteiger partial charge in [0.25, 0.3) is 0 Å². The predicted octanol–water partition coefficient (Wildman–Crippen LogP) is 4.38. The van der Waals surface area contributed by atoms with Crippen molar-refractivity contribution < 1.29 is 17.6 Å². The van der Waals surface area contributed by atoms with Crippen molar-refractivity contribution in [3.05, 3.63) is 51.8 Å². The third kappa shape index (κ3) is 2.70. The van der Waals surface area contributed by atoms with E-state index in [1.54, 1.807) is 6.92 Å². The molecule has 0 radical (unpaired) electrons. The first-order valence-electron chi connectivity index (χ1n) is 5.44. The van der Waals surface area contributed by atoms with Crippen molar-refractivity contribution in [2.75, 3.05) is 0 Å². The Morgan fingerprint density at radius 3 is 2.47 bits per heavy atom. The van der Waals surface area contributed by atoms with E-state index in [1.807, 2.05) is 0 Å². The highest BCUT2D eigenvalue weighted by Gasteiger charge is 2.35. The molecule has 0 spiro atoms. The molecule has 2 nitrogen and oxygen atoms in total. The van der Waals surface area contributed by atoms with Gasteiger partial charge in [-0.1, -0.05) is 19.1 Å². The molecule has 7 heteroatoms. The minimum absolute atomic E-state index is 0.0277. The van der Waals surface area contributed by atoms with Crippen molar-refractivity contribution >= 4 is 12.2 Å². The van der Waals surface area contributed by atoms with Gasteiger partial charge < -0.3 is 9.97 Å². The lowest BCUT2D eigenvalue weighted by Crippen LogP contribution is -2.11. The maximum Gasteiger partial charge on any atom is 0.419 e. The lowest BCUT2D eigenvalue weighted by atomic mass is 9.95. The highest BCUT2D eigenvalue weighted by molar-refractivity contribution is 7.71. The van der Waals surface area contributed by atoms with Gasteiger partial charge in [0.2, 0.25) is 0 Å². The number of hydrogen-bond acceptors (Lipinski definition) is 1. The zero-order chi connectivity index (χ0) is 14.2. The normalized spacial score (nSPS) is 13.5. The lowest BCUT2D eigenvalue weighted by molar-refractivity contribution is -0.140. The van der Waals surface area contributed by atoms with E-state index in [1.165, 1.54) is 18.3 Å². The standard InChI is InChI=1S/C12H10F4N2S/c1-6(9-5-17-11(19)18-9)7-3-2-4-8(10(7)13)12(14,15)16/h2-6H,1H3,(H2,17,18,19). The molecule has 2 N–H and O–H groups in total. The minimum Gasteiger partial charge on any atom is -0.337 e. The van der Waals surface area contributed by atoms with E-state index < -0.39 is 23.5 Å². The molecule has 2 rings (SSSR count). The number of benzene rings is 1. The predicted molar refractivity (Wildman–Crippen MR) is 64.9 cm³/mol. The monoisotopic (exact) mass is 290 g/mol. The van der Waals surface area contributed by atoms with Gasteiger partial charge in [-0.25, -0.2) is 4.39 Å². The summed E-state index contributed by atoms with van der Waals surface area (Å²) in [5.41, 5.74) is -0.755. The summed E-state index contributed by atoms with van der Waals surface area (Å²) < 4.78 is 52.2. The summed E-state index contributed by atoms with van der Waals surface area (Å²) in [4.78, 5) is 5.47. The Kier molecular flexibility index (Phi) is 3.49. The molecule has 0 saturated heterocycles. The molecule has 0 aliphatic heterocycles. The van der Waals surface area contributed by atoms with E-state index in [2.05, 4.69) is 9.97 Å². The maximum atomic E-state index is 13.9. The molecule has 2 aromatic rings. The maximum absolute atomic E-state index is 13.9. The lowest BCUT2D eigenvalue weighted by Gasteiger charge is -2.15. The molecule has 1 aromatic heterocycles. The third-order valence-corrected chi connectivity index (χ3v) is 3.10. The van der Waals surface area contributed by atoms with Crippen LogP contribution in [0.5, 0.6) is 0 Å². The first-order valence-corrected chi connectivity index (χ1v) is 5.84. The fraction of sp³-hybridized carbons (Fsp3) is 0.250. The molecule has 19 heavy (non-hydrogen) atoms. The first-order chi connectivity index (χ1) is 8.80. The zero-order valence-corrected chi connectivity index (χ0v) is 10.6. The second-order valence-corrected chi connectivity index (χ2v) is 4.53. The Labute approximate surface area is 111 Å². The molecule has 0 fully saturated rings. The molecule has 0 bridgehead atoms. The van der Waals surface area contributed by atoms with Gasteiger partial charge in [0.1, 0.15) is 5.82 Å². The van der Waals surface area contributed by atoms with Crippen LogP contribution < -0.4 is 0 Å². The molecule has 1 heterocycles. The van der Waals surface area contributed by atoms with Crippen LogP contribution in [0.15, 0.2) is 24.4 Å². The summed E-state index contributed by atoms with van der Waals surface area (Å²) >= 11 is 4.84. The quantitative estimate of drug-likeness (QED) is 0.624. The van der Waals surface area contributed by atoms with Gasteiger partial charge in [0.15, 0.2) is 4.77 Å². The van der Waals surface area contributed by atoms with Crippen LogP contribution in [0.2, 0.25) is 0 Å². The van der Waals surface area contributed by atoms with Gasteiger partial charge in [-0.05, 0) is 23.8 Å². The van der Waals surface area contributed by atoms with Crippen LogP contribution in [0.25, 0.3) is 0 Å². The molecule has 102 valence electrons. The fourth-order valence-electron chi connectivity index (χ4n) is 1.85. The van der Waals surface area contributed by atoms with Gasteiger partial charge in [-0.15, -0.1) is 0 Å². The second kappa shape index (κ2) is 4.80. The number of aromatic nitrogens is 2. The molecule has 0 aliphatic rings. The van der Waals surface area contributed by atoms with Crippen molar-refractivity contribution in [1.29, 1.82) is 0 Å². The fourth-order valence-corrected chi connectivity index (χ4v) is 2.03. The average molecular weight is 290 g/mol. The third-order valence-electron chi connectivity index (χ3n) is 2.88. The molecule has 0 amide bonds. The van der Waals surface area contributed by atoms with Crippen molar-refractivity contribution in [3.63, 3.8) is 0 Å². The molecule has 1 unspecified atom stereocenters. The van der Waals surface area contributed by atoms with E-state index in [4.69, 9.17) is 12.2 Å². The van der Waals surface area contributed by atoms with Gasteiger partial charge in [0, 0.05) is 17.8 Å². The van der Waals surface area contributed by atoms with E-state index in [-0.39, 0.29) is 5.56 Å². The van der Waals surface area contributed by atoms with E-state index in [9.17, 15) is 17.6 Å². The largest absolute Gasteiger partial charge is 0.419 e. The number of rotatable bonds is 2. The van der Waals surface area contributed by atoms with Crippen molar-refractivity contribution in [2.24, 2.45) is 0 Å². The zero-order valence-electron chi connectivity index (χ0n) is 9.81. The molecule has 0 aliphatic carbocycles. The van der Waals surface area contributed by atoms with Gasteiger partial charge in [0.05, 0.1) is 5.56 Å². The molecule has 1 atom stereocenters. The number of alkyl halides is 3. The summed E-state index contributed by atoms with van der Waals surface area (Å²) in [6.45, 7) is 1.60. The number of halogens is 4. The Bertz CT molecular complexity index is 642. The first kappa shape index (κ1) is 13.8. The summed E-state index contributed by atoms with van der Waals surface area (Å²) in [7, 11) is 0. The van der Waals surface area contributed by atoms with Gasteiger partial charge >= 0.3 is 6.18 Å². The smallest absolute Gasteiger partial charge is 0.337 e. The molecular formula is C12H10F4N2S. The van der Waals surface area contributed by atoms with Crippen LogP contribution in [0.3, 0.4) is 0 Å². The minimum atomic E-state index is -4.70. The number of imidazole rings is 1. The number of H-pyrrole nitrogens is 2. The molecular weight excluding hydrogens is 280 g/mol. The van der Waals surface area contributed by atoms with E-state index in [0.717, 1.165) is 6.07 Å².